The fourth-order valence-corrected chi connectivity index (χ4v) is 2.60. The minimum absolute atomic E-state index is 0.00891. The van der Waals surface area contributed by atoms with Gasteiger partial charge in [-0.25, -0.2) is 13.8 Å². The van der Waals surface area contributed by atoms with Gasteiger partial charge in [0.05, 0.1) is 12.6 Å². The molecule has 1 unspecified atom stereocenters. The van der Waals surface area contributed by atoms with Crippen molar-refractivity contribution in [2.45, 2.75) is 18.9 Å². The van der Waals surface area contributed by atoms with E-state index in [1.807, 2.05) is 0 Å². The first-order chi connectivity index (χ1) is 12.6. The topological polar surface area (TPSA) is 62.7 Å². The first kappa shape index (κ1) is 18.0. The van der Waals surface area contributed by atoms with Crippen LogP contribution in [0.4, 0.5) is 14.5 Å². The molecule has 2 aromatic carbocycles. The van der Waals surface area contributed by atoms with Gasteiger partial charge in [0, 0.05) is 17.9 Å². The molecule has 0 aliphatic carbocycles. The summed E-state index contributed by atoms with van der Waals surface area (Å²) < 4.78 is 32.2. The van der Waals surface area contributed by atoms with Crippen molar-refractivity contribution >= 4 is 17.6 Å². The molecule has 1 fully saturated rings. The van der Waals surface area contributed by atoms with Crippen molar-refractivity contribution < 1.29 is 18.3 Å². The Morgan fingerprint density at radius 1 is 1.15 bits per heavy atom. The largest absolute Gasteiger partial charge is 0.376 e. The molecule has 0 aromatic heterocycles. The van der Waals surface area contributed by atoms with Crippen LogP contribution < -0.4 is 10.6 Å². The summed E-state index contributed by atoms with van der Waals surface area (Å²) in [6.45, 7) is 1.06. The average Bonchev–Trinajstić information content (AvgIpc) is 3.13. The van der Waals surface area contributed by atoms with Crippen LogP contribution in [0.1, 0.15) is 23.2 Å². The Morgan fingerprint density at radius 2 is 1.92 bits per heavy atom. The number of hydrogen-bond donors (Lipinski definition) is 2. The van der Waals surface area contributed by atoms with E-state index in [1.165, 1.54) is 30.3 Å². The van der Waals surface area contributed by atoms with E-state index in [4.69, 9.17) is 4.74 Å². The Hall–Kier alpha value is -2.80. The maximum atomic E-state index is 13.4. The summed E-state index contributed by atoms with van der Waals surface area (Å²) in [5.74, 6) is -1.28. The predicted molar refractivity (Wildman–Crippen MR) is 95.2 cm³/mol. The van der Waals surface area contributed by atoms with Crippen molar-refractivity contribution in [1.29, 1.82) is 0 Å². The van der Waals surface area contributed by atoms with Crippen molar-refractivity contribution in [3.63, 3.8) is 0 Å². The second-order valence-corrected chi connectivity index (χ2v) is 5.92. The van der Waals surface area contributed by atoms with Gasteiger partial charge in [-0.1, -0.05) is 12.1 Å². The van der Waals surface area contributed by atoms with Gasteiger partial charge in [0.15, 0.2) is 0 Å². The second kappa shape index (κ2) is 8.53. The van der Waals surface area contributed by atoms with Gasteiger partial charge in [-0.05, 0) is 49.2 Å². The molecule has 5 nitrogen and oxygen atoms in total. The molecule has 0 radical (unpaired) electrons. The van der Waals surface area contributed by atoms with E-state index < -0.39 is 17.5 Å². The molecule has 1 heterocycles. The van der Waals surface area contributed by atoms with Gasteiger partial charge in [-0.2, -0.15) is 0 Å². The molecule has 7 heteroatoms. The SMILES string of the molecule is O=C(NC(=NCC1CCCO1)Nc1cccc(F)c1)c1cccc(F)c1. The number of amides is 1. The van der Waals surface area contributed by atoms with E-state index in [1.54, 1.807) is 12.1 Å². The lowest BCUT2D eigenvalue weighted by Gasteiger charge is -2.13. The van der Waals surface area contributed by atoms with Crippen LogP contribution in [0.5, 0.6) is 0 Å². The minimum Gasteiger partial charge on any atom is -0.376 e. The third-order valence-corrected chi connectivity index (χ3v) is 3.88. The van der Waals surface area contributed by atoms with E-state index in [2.05, 4.69) is 15.6 Å². The van der Waals surface area contributed by atoms with E-state index in [-0.39, 0.29) is 17.6 Å². The molecule has 1 amide bonds. The monoisotopic (exact) mass is 359 g/mol. The third kappa shape index (κ3) is 5.10. The minimum atomic E-state index is -0.514. The first-order valence-electron chi connectivity index (χ1n) is 8.36. The van der Waals surface area contributed by atoms with Crippen LogP contribution in [-0.4, -0.2) is 31.1 Å². The predicted octanol–water partition coefficient (Wildman–Crippen LogP) is 3.34. The Kier molecular flexibility index (Phi) is 5.91. The molecule has 0 saturated carbocycles. The molecule has 2 aromatic rings. The van der Waals surface area contributed by atoms with Crippen LogP contribution in [0.3, 0.4) is 0 Å². The molecule has 1 atom stereocenters. The Balaban J connectivity index is 1.75. The zero-order valence-corrected chi connectivity index (χ0v) is 14.0. The number of benzene rings is 2. The number of carbonyl (C=O) groups excluding carboxylic acids is 1. The highest BCUT2D eigenvalue weighted by Crippen LogP contribution is 2.13. The number of halogens is 2. The highest BCUT2D eigenvalue weighted by Gasteiger charge is 2.16. The zero-order valence-electron chi connectivity index (χ0n) is 14.0. The van der Waals surface area contributed by atoms with Gasteiger partial charge in [-0.15, -0.1) is 0 Å². The van der Waals surface area contributed by atoms with Crippen molar-refractivity contribution in [3.05, 3.63) is 65.7 Å². The molecule has 0 spiro atoms. The van der Waals surface area contributed by atoms with Gasteiger partial charge in [0.2, 0.25) is 5.96 Å². The molecule has 2 N–H and O–H groups in total. The molecule has 1 aliphatic heterocycles. The van der Waals surface area contributed by atoms with Crippen LogP contribution in [-0.2, 0) is 4.74 Å². The van der Waals surface area contributed by atoms with Crippen molar-refractivity contribution in [2.24, 2.45) is 4.99 Å². The molecule has 0 bridgehead atoms. The lowest BCUT2D eigenvalue weighted by molar-refractivity contribution is 0.0975. The third-order valence-electron chi connectivity index (χ3n) is 3.88. The molecule has 1 aliphatic rings. The number of rotatable bonds is 4. The summed E-state index contributed by atoms with van der Waals surface area (Å²) in [6.07, 6.45) is 1.86. The Morgan fingerprint density at radius 3 is 2.62 bits per heavy atom. The highest BCUT2D eigenvalue weighted by molar-refractivity contribution is 6.09. The summed E-state index contributed by atoms with van der Waals surface area (Å²) >= 11 is 0. The normalized spacial score (nSPS) is 17.2. The fraction of sp³-hybridized carbons (Fsp3) is 0.263. The summed E-state index contributed by atoms with van der Waals surface area (Å²) in [5, 5.41) is 5.50. The van der Waals surface area contributed by atoms with Gasteiger partial charge in [0.25, 0.3) is 5.91 Å². The van der Waals surface area contributed by atoms with Crippen LogP contribution in [0.25, 0.3) is 0 Å². The number of aliphatic imine (C=N–C) groups is 1. The summed E-state index contributed by atoms with van der Waals surface area (Å²) in [7, 11) is 0. The van der Waals surface area contributed by atoms with Crippen molar-refractivity contribution in [1.82, 2.24) is 5.32 Å². The number of nitrogens with one attached hydrogen (secondary N) is 2. The summed E-state index contributed by atoms with van der Waals surface area (Å²) in [5.41, 5.74) is 0.603. The zero-order chi connectivity index (χ0) is 18.4. The van der Waals surface area contributed by atoms with Crippen LogP contribution in [0, 0.1) is 11.6 Å². The smallest absolute Gasteiger partial charge is 0.258 e. The lowest BCUT2D eigenvalue weighted by Crippen LogP contribution is -2.36. The lowest BCUT2D eigenvalue weighted by atomic mass is 10.2. The van der Waals surface area contributed by atoms with Crippen molar-refractivity contribution in [3.8, 4) is 0 Å². The second-order valence-electron chi connectivity index (χ2n) is 5.92. The number of anilines is 1. The standard InChI is InChI=1S/C19H19F2N3O2/c20-14-5-1-4-13(10-14)18(25)24-19(22-12-17-8-3-9-26-17)23-16-7-2-6-15(21)11-16/h1-2,4-7,10-11,17H,3,8-9,12H2,(H2,22,23,24,25). The van der Waals surface area contributed by atoms with Crippen LogP contribution in [0.15, 0.2) is 53.5 Å². The highest BCUT2D eigenvalue weighted by atomic mass is 19.1. The fourth-order valence-electron chi connectivity index (χ4n) is 2.60. The molecule has 1 saturated heterocycles. The average molecular weight is 359 g/mol. The summed E-state index contributed by atoms with van der Waals surface area (Å²) in [6, 6.07) is 11.1. The molecule has 136 valence electrons. The van der Waals surface area contributed by atoms with Gasteiger partial charge in [-0.3, -0.25) is 10.1 Å². The number of carbonyl (C=O) groups is 1. The Bertz CT molecular complexity index is 805. The number of hydrogen-bond acceptors (Lipinski definition) is 3. The van der Waals surface area contributed by atoms with Crippen LogP contribution in [0.2, 0.25) is 0 Å². The molecule has 3 rings (SSSR count). The molecule has 26 heavy (non-hydrogen) atoms. The first-order valence-corrected chi connectivity index (χ1v) is 8.36. The maximum Gasteiger partial charge on any atom is 0.258 e. The summed E-state index contributed by atoms with van der Waals surface area (Å²) in [4.78, 5) is 16.7. The van der Waals surface area contributed by atoms with Crippen LogP contribution >= 0.6 is 0 Å². The van der Waals surface area contributed by atoms with E-state index in [0.29, 0.717) is 18.8 Å². The van der Waals surface area contributed by atoms with E-state index in [0.717, 1.165) is 18.9 Å². The Labute approximate surface area is 150 Å². The van der Waals surface area contributed by atoms with Gasteiger partial charge in [0.1, 0.15) is 11.6 Å². The van der Waals surface area contributed by atoms with E-state index in [9.17, 15) is 13.6 Å². The molecular weight excluding hydrogens is 340 g/mol. The van der Waals surface area contributed by atoms with Gasteiger partial charge < -0.3 is 10.1 Å². The van der Waals surface area contributed by atoms with Gasteiger partial charge >= 0.3 is 0 Å². The number of nitrogens with zero attached hydrogens (tertiary/aromatic N) is 1. The molecular formula is C19H19F2N3O2. The maximum absolute atomic E-state index is 13.4. The van der Waals surface area contributed by atoms with E-state index >= 15 is 0 Å². The quantitative estimate of drug-likeness (QED) is 0.650. The number of guanidine groups is 1. The number of ether oxygens (including phenoxy) is 1. The van der Waals surface area contributed by atoms with Crippen molar-refractivity contribution in [2.75, 3.05) is 18.5 Å².